The average Bonchev–Trinajstić information content (AvgIpc) is 1.77. The number of aliphatic hydroxyl groups is 2. The standard InChI is InChI=1S/C30H32F2N6O6.C29H30F2N6O6/c1-18-16-36(10-11-37(18)28(42)24(39)13-26(40)43-3)30-33-14-21(15-34-30)19-8-9-22-23(12-19)38(35(2)27(22)41)17-20-6-4-5-7-25(20)44-29(31)32;1-17-15-35(9-10-36(17)27(42)23(38)12-25(39)40)29-32-13-20(14-33-29)18-7-8-21-22(11-18)37(34(2)26(21)41)16-19-5-3-4-6-24(19)43-28(30)31/h4-9,12,14-15,18,24,29,39H,10-11,13,16-17H2,1-3H3;3-8,11,13-14,17,23,28,38H,9-10,12,15-16H2,1-2H3,(H,39,40)/t18-,24+;17-,23+/m11/s1. The molecule has 4 atom stereocenters. The zero-order valence-electron chi connectivity index (χ0n) is 47.8. The molecular weight excluding hydrogens is 1140 g/mol. The number of para-hydroxylation sites is 2. The number of rotatable bonds is 18. The quantitative estimate of drug-likeness (QED) is 0.0774. The Bertz CT molecular complexity index is 3930. The predicted molar refractivity (Wildman–Crippen MR) is 308 cm³/mol. The van der Waals surface area contributed by atoms with E-state index < -0.39 is 62.0 Å². The summed E-state index contributed by atoms with van der Waals surface area (Å²) >= 11 is 0. The summed E-state index contributed by atoms with van der Waals surface area (Å²) in [7, 11) is 4.42. The number of ether oxygens (including phenoxy) is 3. The highest BCUT2D eigenvalue weighted by molar-refractivity contribution is 5.88. The second kappa shape index (κ2) is 26.7. The Morgan fingerprint density at radius 1 is 0.575 bits per heavy atom. The number of piperazine rings is 2. The van der Waals surface area contributed by atoms with Crippen molar-refractivity contribution in [2.45, 2.75) is 77.3 Å². The summed E-state index contributed by atoms with van der Waals surface area (Å²) in [5.41, 5.74) is 4.61. The Labute approximate surface area is 493 Å². The Kier molecular flexibility index (Phi) is 19.0. The lowest BCUT2D eigenvalue weighted by Crippen LogP contribution is -2.56. The van der Waals surface area contributed by atoms with Gasteiger partial charge in [-0.3, -0.25) is 47.5 Å². The van der Waals surface area contributed by atoms with E-state index in [1.807, 2.05) is 28.9 Å². The first-order valence-electron chi connectivity index (χ1n) is 27.5. The van der Waals surface area contributed by atoms with E-state index in [0.29, 0.717) is 88.7 Å². The van der Waals surface area contributed by atoms with Gasteiger partial charge in [-0.25, -0.2) is 19.9 Å². The number of esters is 1. The van der Waals surface area contributed by atoms with Crippen molar-refractivity contribution in [1.82, 2.24) is 48.5 Å². The number of carboxylic acids is 1. The second-order valence-corrected chi connectivity index (χ2v) is 20.8. The number of carbonyl (C=O) groups excluding carboxylic acids is 3. The fraction of sp³-hybridized carbons (Fsp3) is 0.356. The minimum atomic E-state index is -2.98. The van der Waals surface area contributed by atoms with Crippen LogP contribution in [0.15, 0.2) is 119 Å². The molecule has 4 aromatic heterocycles. The van der Waals surface area contributed by atoms with Gasteiger partial charge in [-0.2, -0.15) is 17.6 Å². The first kappa shape index (κ1) is 61.8. The van der Waals surface area contributed by atoms with Crippen molar-refractivity contribution in [2.24, 2.45) is 14.1 Å². The van der Waals surface area contributed by atoms with E-state index in [9.17, 15) is 56.5 Å². The van der Waals surface area contributed by atoms with Gasteiger partial charge in [0.15, 0.2) is 0 Å². The van der Waals surface area contributed by atoms with Crippen molar-refractivity contribution < 1.29 is 66.3 Å². The minimum Gasteiger partial charge on any atom is -0.481 e. The molecule has 0 unspecified atom stereocenters. The fourth-order valence-electron chi connectivity index (χ4n) is 10.7. The number of carbonyl (C=O) groups is 4. The van der Waals surface area contributed by atoms with Crippen molar-refractivity contribution in [3.63, 3.8) is 0 Å². The highest BCUT2D eigenvalue weighted by Crippen LogP contribution is 2.30. The number of halogens is 4. The van der Waals surface area contributed by atoms with Crippen LogP contribution in [0.5, 0.6) is 11.5 Å². The molecule has 2 amide bonds. The Balaban J connectivity index is 0.000000208. The maximum atomic E-state index is 13.0. The zero-order valence-corrected chi connectivity index (χ0v) is 47.8. The van der Waals surface area contributed by atoms with Crippen LogP contribution < -0.4 is 30.4 Å². The average molecular weight is 1210 g/mol. The lowest BCUT2D eigenvalue weighted by atomic mass is 10.1. The van der Waals surface area contributed by atoms with Crippen molar-refractivity contribution in [1.29, 1.82) is 0 Å². The van der Waals surface area contributed by atoms with E-state index in [-0.39, 0.29) is 54.3 Å². The molecule has 0 saturated carbocycles. The van der Waals surface area contributed by atoms with Gasteiger partial charge < -0.3 is 49.1 Å². The van der Waals surface area contributed by atoms with Crippen LogP contribution in [0, 0.1) is 0 Å². The zero-order chi connectivity index (χ0) is 62.4. The third kappa shape index (κ3) is 13.9. The topological polar surface area (TPSA) is 275 Å². The van der Waals surface area contributed by atoms with E-state index in [4.69, 9.17) is 5.11 Å². The van der Waals surface area contributed by atoms with Crippen LogP contribution in [-0.4, -0.2) is 171 Å². The summed E-state index contributed by atoms with van der Waals surface area (Å²) in [4.78, 5) is 98.3. The molecule has 24 nitrogen and oxygen atoms in total. The lowest BCUT2D eigenvalue weighted by molar-refractivity contribution is -0.151. The fourth-order valence-corrected chi connectivity index (χ4v) is 10.7. The summed E-state index contributed by atoms with van der Waals surface area (Å²) in [6, 6.07) is 23.0. The van der Waals surface area contributed by atoms with Crippen LogP contribution in [0.3, 0.4) is 0 Å². The summed E-state index contributed by atoms with van der Waals surface area (Å²) in [6.45, 7) is 0.178. The number of benzene rings is 4. The molecule has 0 radical (unpaired) electrons. The Morgan fingerprint density at radius 2 is 0.966 bits per heavy atom. The minimum absolute atomic E-state index is 0.0305. The molecule has 6 heterocycles. The van der Waals surface area contributed by atoms with E-state index >= 15 is 0 Å². The van der Waals surface area contributed by atoms with Gasteiger partial charge in [-0.1, -0.05) is 48.5 Å². The molecular formula is C59H62F4N12O12. The van der Waals surface area contributed by atoms with Crippen LogP contribution in [0.1, 0.15) is 37.8 Å². The number of aliphatic hydroxyl groups excluding tert-OH is 2. The van der Waals surface area contributed by atoms with Crippen LogP contribution in [0.25, 0.3) is 44.1 Å². The number of fused-ring (bicyclic) bond motifs is 2. The van der Waals surface area contributed by atoms with Crippen LogP contribution in [0.4, 0.5) is 29.5 Å². The van der Waals surface area contributed by atoms with E-state index in [1.54, 1.807) is 116 Å². The summed E-state index contributed by atoms with van der Waals surface area (Å²) < 4.78 is 72.0. The number of aromatic nitrogens is 8. The number of nitrogens with zero attached hydrogens (tertiary/aromatic N) is 12. The molecule has 87 heavy (non-hydrogen) atoms. The molecule has 0 bridgehead atoms. The Hall–Kier alpha value is -9.70. The van der Waals surface area contributed by atoms with Crippen LogP contribution in [-0.2, 0) is 51.1 Å². The molecule has 0 spiro atoms. The number of carboxylic acid groups (broad SMARTS) is 1. The third-order valence-electron chi connectivity index (χ3n) is 15.2. The van der Waals surface area contributed by atoms with Gasteiger partial charge in [0, 0.05) is 112 Å². The number of hydrogen-bond acceptors (Lipinski definition) is 17. The molecule has 4 aromatic carbocycles. The van der Waals surface area contributed by atoms with Gasteiger partial charge in [0.25, 0.3) is 22.9 Å². The first-order chi connectivity index (χ1) is 41.6. The number of hydrogen-bond donors (Lipinski definition) is 3. The molecule has 2 aliphatic rings. The number of anilines is 2. The molecule has 8 aromatic rings. The summed E-state index contributed by atoms with van der Waals surface area (Å²) in [5.74, 6) is -2.08. The smallest absolute Gasteiger partial charge is 0.387 e. The first-order valence-corrected chi connectivity index (χ1v) is 27.5. The number of amides is 2. The van der Waals surface area contributed by atoms with Gasteiger partial charge in [-0.05, 0) is 61.4 Å². The lowest BCUT2D eigenvalue weighted by Gasteiger charge is -2.40. The van der Waals surface area contributed by atoms with Crippen molar-refractivity contribution in [2.75, 3.05) is 56.2 Å². The highest BCUT2D eigenvalue weighted by atomic mass is 19.3. The molecule has 2 aliphatic heterocycles. The van der Waals surface area contributed by atoms with E-state index in [2.05, 4.69) is 34.1 Å². The molecule has 28 heteroatoms. The van der Waals surface area contributed by atoms with Gasteiger partial charge in [0.2, 0.25) is 11.9 Å². The Morgan fingerprint density at radius 3 is 1.33 bits per heavy atom. The van der Waals surface area contributed by atoms with Crippen molar-refractivity contribution in [3.8, 4) is 33.8 Å². The predicted octanol–water partition coefficient (Wildman–Crippen LogP) is 4.73. The summed E-state index contributed by atoms with van der Waals surface area (Å²) in [6.07, 6.45) is 2.53. The molecule has 10 rings (SSSR count). The third-order valence-corrected chi connectivity index (χ3v) is 15.2. The second-order valence-electron chi connectivity index (χ2n) is 20.8. The van der Waals surface area contributed by atoms with Gasteiger partial charge >= 0.3 is 25.2 Å². The monoisotopic (exact) mass is 1210 g/mol. The normalized spacial score (nSPS) is 16.0. The summed E-state index contributed by atoms with van der Waals surface area (Å²) in [5, 5.41) is 29.9. The van der Waals surface area contributed by atoms with E-state index in [0.717, 1.165) is 11.1 Å². The number of aliphatic carboxylic acids is 1. The molecule has 0 aliphatic carbocycles. The van der Waals surface area contributed by atoms with Gasteiger partial charge in [-0.15, -0.1) is 0 Å². The number of alkyl halides is 4. The van der Waals surface area contributed by atoms with E-state index in [1.165, 1.54) is 38.4 Å². The van der Waals surface area contributed by atoms with Crippen LogP contribution >= 0.6 is 0 Å². The van der Waals surface area contributed by atoms with Crippen molar-refractivity contribution in [3.05, 3.63) is 142 Å². The molecule has 3 N–H and O–H groups in total. The molecule has 2 fully saturated rings. The van der Waals surface area contributed by atoms with Gasteiger partial charge in [0.1, 0.15) is 23.7 Å². The molecule has 458 valence electrons. The number of methoxy groups -OCH3 is 1. The largest absolute Gasteiger partial charge is 0.481 e. The van der Waals surface area contributed by atoms with Gasteiger partial charge in [0.05, 0.1) is 54.8 Å². The van der Waals surface area contributed by atoms with Crippen molar-refractivity contribution >= 4 is 57.5 Å². The SMILES string of the molecule is COC(=O)C[C@H](O)C(=O)N1CCN(c2ncc(-c3ccc4c(=O)n(C)n(Cc5ccccc5OC(F)F)c4c3)cn2)C[C@H]1C.C[C@@H]1CN(c2ncc(-c3ccc4c(=O)n(C)n(Cc5ccccc5OC(F)F)c4c3)cn2)CCN1C(=O)[C@@H](O)CC(=O)O. The maximum Gasteiger partial charge on any atom is 0.387 e. The highest BCUT2D eigenvalue weighted by Gasteiger charge is 2.35. The molecule has 2 saturated heterocycles. The maximum absolute atomic E-state index is 13.0. The van der Waals surface area contributed by atoms with Crippen LogP contribution in [0.2, 0.25) is 0 Å².